The SMILES string of the molecule is O=c1oc(-c2ccc3c(c2)OCO3)cc2ccccc12. The maximum absolute atomic E-state index is 12.0. The second kappa shape index (κ2) is 4.13. The Kier molecular flexibility index (Phi) is 2.29. The average Bonchev–Trinajstić information content (AvgIpc) is 2.94. The van der Waals surface area contributed by atoms with E-state index in [9.17, 15) is 4.79 Å². The highest BCUT2D eigenvalue weighted by Gasteiger charge is 2.15. The van der Waals surface area contributed by atoms with Crippen molar-refractivity contribution in [1.82, 2.24) is 0 Å². The van der Waals surface area contributed by atoms with Gasteiger partial charge in [-0.3, -0.25) is 0 Å². The van der Waals surface area contributed by atoms with E-state index in [0.29, 0.717) is 22.6 Å². The lowest BCUT2D eigenvalue weighted by atomic mass is 10.1. The molecule has 0 aliphatic carbocycles. The third kappa shape index (κ3) is 1.66. The summed E-state index contributed by atoms with van der Waals surface area (Å²) in [6, 6.07) is 14.7. The van der Waals surface area contributed by atoms with Gasteiger partial charge in [0.25, 0.3) is 0 Å². The third-order valence-corrected chi connectivity index (χ3v) is 3.33. The van der Waals surface area contributed by atoms with Gasteiger partial charge in [-0.15, -0.1) is 0 Å². The third-order valence-electron chi connectivity index (χ3n) is 3.33. The summed E-state index contributed by atoms with van der Waals surface area (Å²) in [4.78, 5) is 12.0. The Morgan fingerprint density at radius 1 is 0.900 bits per heavy atom. The second-order valence-corrected chi connectivity index (χ2v) is 4.55. The lowest BCUT2D eigenvalue weighted by molar-refractivity contribution is 0.174. The minimum Gasteiger partial charge on any atom is -0.454 e. The van der Waals surface area contributed by atoms with Crippen molar-refractivity contribution in [3.8, 4) is 22.8 Å². The van der Waals surface area contributed by atoms with E-state index >= 15 is 0 Å². The summed E-state index contributed by atoms with van der Waals surface area (Å²) < 4.78 is 16.0. The first-order chi connectivity index (χ1) is 9.81. The number of hydrogen-bond donors (Lipinski definition) is 0. The summed E-state index contributed by atoms with van der Waals surface area (Å²) in [5.41, 5.74) is 0.452. The van der Waals surface area contributed by atoms with Gasteiger partial charge in [0.05, 0.1) is 5.39 Å². The average molecular weight is 266 g/mol. The van der Waals surface area contributed by atoms with Crippen molar-refractivity contribution in [2.45, 2.75) is 0 Å². The van der Waals surface area contributed by atoms with Gasteiger partial charge in [0.1, 0.15) is 5.76 Å². The van der Waals surface area contributed by atoms with Crippen molar-refractivity contribution < 1.29 is 13.9 Å². The van der Waals surface area contributed by atoms with Crippen LogP contribution >= 0.6 is 0 Å². The lowest BCUT2D eigenvalue weighted by Crippen LogP contribution is -1.99. The van der Waals surface area contributed by atoms with Crippen molar-refractivity contribution in [3.05, 3.63) is 59.0 Å². The molecule has 0 saturated carbocycles. The van der Waals surface area contributed by atoms with Gasteiger partial charge >= 0.3 is 5.63 Å². The second-order valence-electron chi connectivity index (χ2n) is 4.55. The van der Waals surface area contributed by atoms with Crippen molar-refractivity contribution in [3.63, 3.8) is 0 Å². The van der Waals surface area contributed by atoms with Crippen LogP contribution in [0.5, 0.6) is 11.5 Å². The fraction of sp³-hybridized carbons (Fsp3) is 0.0625. The first kappa shape index (κ1) is 11.1. The molecular formula is C16H10O4. The molecule has 20 heavy (non-hydrogen) atoms. The van der Waals surface area contributed by atoms with Crippen molar-refractivity contribution in [2.75, 3.05) is 6.79 Å². The topological polar surface area (TPSA) is 48.7 Å². The van der Waals surface area contributed by atoms with Crippen LogP contribution in [0.3, 0.4) is 0 Å². The Bertz CT molecular complexity index is 864. The number of hydrogen-bond acceptors (Lipinski definition) is 4. The van der Waals surface area contributed by atoms with Gasteiger partial charge in [0.2, 0.25) is 6.79 Å². The predicted octanol–water partition coefficient (Wildman–Crippen LogP) is 3.19. The highest BCUT2D eigenvalue weighted by molar-refractivity contribution is 5.84. The van der Waals surface area contributed by atoms with Crippen LogP contribution in [-0.4, -0.2) is 6.79 Å². The van der Waals surface area contributed by atoms with Crippen molar-refractivity contribution in [1.29, 1.82) is 0 Å². The molecule has 0 atom stereocenters. The Morgan fingerprint density at radius 2 is 1.75 bits per heavy atom. The molecule has 0 saturated heterocycles. The molecule has 98 valence electrons. The summed E-state index contributed by atoms with van der Waals surface area (Å²) in [7, 11) is 0. The normalized spacial score (nSPS) is 12.8. The molecule has 0 spiro atoms. The summed E-state index contributed by atoms with van der Waals surface area (Å²) in [6.45, 7) is 0.223. The lowest BCUT2D eigenvalue weighted by Gasteiger charge is -2.03. The predicted molar refractivity (Wildman–Crippen MR) is 74.0 cm³/mol. The van der Waals surface area contributed by atoms with Crippen LogP contribution in [0.4, 0.5) is 0 Å². The fourth-order valence-corrected chi connectivity index (χ4v) is 2.33. The van der Waals surface area contributed by atoms with Gasteiger partial charge in [-0.1, -0.05) is 18.2 Å². The van der Waals surface area contributed by atoms with Crippen LogP contribution < -0.4 is 15.1 Å². The Balaban J connectivity index is 1.92. The zero-order chi connectivity index (χ0) is 13.5. The minimum atomic E-state index is -0.337. The van der Waals surface area contributed by atoms with Crippen molar-refractivity contribution in [2.24, 2.45) is 0 Å². The molecule has 3 aromatic rings. The summed E-state index contributed by atoms with van der Waals surface area (Å²) in [6.07, 6.45) is 0. The molecule has 0 unspecified atom stereocenters. The molecule has 0 N–H and O–H groups in total. The van der Waals surface area contributed by atoms with E-state index in [4.69, 9.17) is 13.9 Å². The fourth-order valence-electron chi connectivity index (χ4n) is 2.33. The maximum atomic E-state index is 12.0. The molecule has 0 radical (unpaired) electrons. The molecular weight excluding hydrogens is 256 g/mol. The molecule has 4 heteroatoms. The van der Waals surface area contributed by atoms with E-state index in [1.165, 1.54) is 0 Å². The van der Waals surface area contributed by atoms with Gasteiger partial charge in [-0.05, 0) is 35.7 Å². The van der Waals surface area contributed by atoms with Gasteiger partial charge in [-0.25, -0.2) is 4.79 Å². The van der Waals surface area contributed by atoms with Crippen LogP contribution in [0, 0.1) is 0 Å². The van der Waals surface area contributed by atoms with E-state index in [2.05, 4.69) is 0 Å². The molecule has 0 fully saturated rings. The van der Waals surface area contributed by atoms with Gasteiger partial charge in [0.15, 0.2) is 11.5 Å². The molecule has 2 aromatic carbocycles. The Morgan fingerprint density at radius 3 is 2.70 bits per heavy atom. The quantitative estimate of drug-likeness (QED) is 0.678. The Labute approximate surface area is 114 Å². The summed E-state index contributed by atoms with van der Waals surface area (Å²) >= 11 is 0. The maximum Gasteiger partial charge on any atom is 0.344 e. The van der Waals surface area contributed by atoms with E-state index in [-0.39, 0.29) is 12.4 Å². The first-order valence-corrected chi connectivity index (χ1v) is 6.24. The van der Waals surface area contributed by atoms with Crippen LogP contribution in [0.2, 0.25) is 0 Å². The minimum absolute atomic E-state index is 0.223. The van der Waals surface area contributed by atoms with Crippen LogP contribution in [0.15, 0.2) is 57.7 Å². The van der Waals surface area contributed by atoms with Gasteiger partial charge in [0, 0.05) is 5.56 Å². The van der Waals surface area contributed by atoms with Crippen molar-refractivity contribution >= 4 is 10.8 Å². The van der Waals surface area contributed by atoms with Gasteiger partial charge in [-0.2, -0.15) is 0 Å². The zero-order valence-electron chi connectivity index (χ0n) is 10.5. The molecule has 2 heterocycles. The molecule has 4 nitrogen and oxygen atoms in total. The molecule has 1 aliphatic heterocycles. The zero-order valence-corrected chi connectivity index (χ0v) is 10.5. The number of fused-ring (bicyclic) bond motifs is 2. The monoisotopic (exact) mass is 266 g/mol. The van der Waals surface area contributed by atoms with E-state index < -0.39 is 0 Å². The summed E-state index contributed by atoms with van der Waals surface area (Å²) in [5.74, 6) is 1.89. The van der Waals surface area contributed by atoms with E-state index in [1.54, 1.807) is 6.07 Å². The summed E-state index contributed by atoms with van der Waals surface area (Å²) in [5, 5.41) is 1.44. The van der Waals surface area contributed by atoms with E-state index in [1.807, 2.05) is 42.5 Å². The van der Waals surface area contributed by atoms with Crippen LogP contribution in [-0.2, 0) is 0 Å². The Hall–Kier alpha value is -2.75. The largest absolute Gasteiger partial charge is 0.454 e. The van der Waals surface area contributed by atoms with E-state index in [0.717, 1.165) is 10.9 Å². The number of rotatable bonds is 1. The highest BCUT2D eigenvalue weighted by Crippen LogP contribution is 2.36. The molecule has 0 amide bonds. The molecule has 4 rings (SSSR count). The molecule has 1 aliphatic rings. The number of benzene rings is 2. The van der Waals surface area contributed by atoms with Crippen LogP contribution in [0.1, 0.15) is 0 Å². The number of ether oxygens (including phenoxy) is 2. The highest BCUT2D eigenvalue weighted by atomic mass is 16.7. The van der Waals surface area contributed by atoms with Gasteiger partial charge < -0.3 is 13.9 Å². The van der Waals surface area contributed by atoms with Crippen LogP contribution in [0.25, 0.3) is 22.1 Å². The smallest absolute Gasteiger partial charge is 0.344 e. The molecule has 0 bridgehead atoms. The molecule has 1 aromatic heterocycles. The standard InChI is InChI=1S/C16H10O4/c17-16-12-4-2-1-3-10(12)7-14(20-16)11-5-6-13-15(8-11)19-9-18-13/h1-8H,9H2. The first-order valence-electron chi connectivity index (χ1n) is 6.24.